The molecule has 7 heteroatoms. The summed E-state index contributed by atoms with van der Waals surface area (Å²) < 4.78 is 10.2. The van der Waals surface area contributed by atoms with E-state index in [2.05, 4.69) is 10.6 Å². The third-order valence-electron chi connectivity index (χ3n) is 3.76. The Morgan fingerprint density at radius 1 is 1.18 bits per heavy atom. The number of benzene rings is 1. The van der Waals surface area contributed by atoms with Crippen molar-refractivity contribution in [3.8, 4) is 11.5 Å². The van der Waals surface area contributed by atoms with Crippen molar-refractivity contribution in [3.05, 3.63) is 18.2 Å². The second-order valence-corrected chi connectivity index (χ2v) is 5.36. The number of ether oxygens (including phenoxy) is 2. The molecule has 0 radical (unpaired) electrons. The number of aliphatic hydroxyl groups is 1. The lowest BCUT2D eigenvalue weighted by Gasteiger charge is -2.13. The van der Waals surface area contributed by atoms with Crippen LogP contribution in [0, 0.1) is 5.41 Å². The van der Waals surface area contributed by atoms with Gasteiger partial charge in [-0.2, -0.15) is 0 Å². The molecule has 0 bridgehead atoms. The summed E-state index contributed by atoms with van der Waals surface area (Å²) in [6.45, 7) is 0.326. The molecular formula is C15H20N2O5. The summed E-state index contributed by atoms with van der Waals surface area (Å²) in [7, 11) is 3.00. The van der Waals surface area contributed by atoms with E-state index in [0.717, 1.165) is 12.8 Å². The van der Waals surface area contributed by atoms with Gasteiger partial charge in [-0.05, 0) is 25.0 Å². The Hall–Kier alpha value is -2.28. The van der Waals surface area contributed by atoms with Crippen LogP contribution in [0.4, 0.5) is 5.69 Å². The average Bonchev–Trinajstić information content (AvgIpc) is 3.33. The Morgan fingerprint density at radius 2 is 1.86 bits per heavy atom. The molecule has 2 rings (SSSR count). The van der Waals surface area contributed by atoms with E-state index < -0.39 is 11.8 Å². The number of hydrogen-bond acceptors (Lipinski definition) is 5. The molecule has 120 valence electrons. The van der Waals surface area contributed by atoms with Crippen molar-refractivity contribution in [2.75, 3.05) is 32.7 Å². The van der Waals surface area contributed by atoms with Crippen LogP contribution in [0.5, 0.6) is 11.5 Å². The van der Waals surface area contributed by atoms with Gasteiger partial charge in [-0.15, -0.1) is 0 Å². The Bertz CT molecular complexity index is 569. The fourth-order valence-corrected chi connectivity index (χ4v) is 2.02. The van der Waals surface area contributed by atoms with Crippen LogP contribution in [0.3, 0.4) is 0 Å². The van der Waals surface area contributed by atoms with Crippen molar-refractivity contribution in [2.45, 2.75) is 12.8 Å². The highest BCUT2D eigenvalue weighted by atomic mass is 16.5. The summed E-state index contributed by atoms with van der Waals surface area (Å²) in [6, 6.07) is 4.82. The normalized spacial score (nSPS) is 14.9. The van der Waals surface area contributed by atoms with Gasteiger partial charge in [0.1, 0.15) is 0 Å². The van der Waals surface area contributed by atoms with E-state index in [1.165, 1.54) is 14.2 Å². The molecule has 22 heavy (non-hydrogen) atoms. The average molecular weight is 308 g/mol. The van der Waals surface area contributed by atoms with Crippen LogP contribution in [-0.4, -0.2) is 44.3 Å². The minimum Gasteiger partial charge on any atom is -0.493 e. The smallest absolute Gasteiger partial charge is 0.313 e. The molecule has 1 fully saturated rings. The first-order valence-electron chi connectivity index (χ1n) is 6.96. The first kappa shape index (κ1) is 16.1. The number of amides is 2. The van der Waals surface area contributed by atoms with Crippen LogP contribution in [0.2, 0.25) is 0 Å². The second kappa shape index (κ2) is 6.65. The van der Waals surface area contributed by atoms with Gasteiger partial charge in [0.05, 0.1) is 20.8 Å². The lowest BCUT2D eigenvalue weighted by atomic mass is 10.1. The Labute approximate surface area is 128 Å². The molecule has 1 saturated carbocycles. The first-order valence-corrected chi connectivity index (χ1v) is 6.96. The molecule has 0 unspecified atom stereocenters. The molecule has 7 nitrogen and oxygen atoms in total. The summed E-state index contributed by atoms with van der Waals surface area (Å²) in [5.74, 6) is -0.503. The van der Waals surface area contributed by atoms with Gasteiger partial charge in [0.25, 0.3) is 0 Å². The van der Waals surface area contributed by atoms with Gasteiger partial charge in [-0.3, -0.25) is 9.59 Å². The molecule has 0 aromatic heterocycles. The second-order valence-electron chi connectivity index (χ2n) is 5.36. The predicted octanol–water partition coefficient (Wildman–Crippen LogP) is 0.531. The van der Waals surface area contributed by atoms with Gasteiger partial charge in [0.2, 0.25) is 0 Å². The lowest BCUT2D eigenvalue weighted by Crippen LogP contribution is -2.39. The number of methoxy groups -OCH3 is 2. The quantitative estimate of drug-likeness (QED) is 0.666. The van der Waals surface area contributed by atoms with Crippen molar-refractivity contribution < 1.29 is 24.2 Å². The number of rotatable bonds is 6. The minimum absolute atomic E-state index is 0.0184. The zero-order valence-corrected chi connectivity index (χ0v) is 12.6. The monoisotopic (exact) mass is 308 g/mol. The van der Waals surface area contributed by atoms with E-state index >= 15 is 0 Å². The minimum atomic E-state index is -0.763. The number of aliphatic hydroxyl groups excluding tert-OH is 1. The van der Waals surface area contributed by atoms with Crippen LogP contribution in [0.25, 0.3) is 0 Å². The largest absolute Gasteiger partial charge is 0.493 e. The Morgan fingerprint density at radius 3 is 2.41 bits per heavy atom. The predicted molar refractivity (Wildman–Crippen MR) is 79.9 cm³/mol. The van der Waals surface area contributed by atoms with E-state index in [1.807, 2.05) is 0 Å². The highest BCUT2D eigenvalue weighted by Gasteiger charge is 2.42. The summed E-state index contributed by atoms with van der Waals surface area (Å²) in [5.41, 5.74) is 0.195. The van der Waals surface area contributed by atoms with E-state index in [-0.39, 0.29) is 12.0 Å². The zero-order chi connectivity index (χ0) is 16.2. The summed E-state index contributed by atoms with van der Waals surface area (Å²) in [4.78, 5) is 23.6. The summed E-state index contributed by atoms with van der Waals surface area (Å²) >= 11 is 0. The van der Waals surface area contributed by atoms with Crippen LogP contribution in [-0.2, 0) is 9.59 Å². The molecule has 1 aliphatic carbocycles. The van der Waals surface area contributed by atoms with Gasteiger partial charge in [0, 0.05) is 23.7 Å². The molecule has 3 N–H and O–H groups in total. The Kier molecular flexibility index (Phi) is 4.87. The fourth-order valence-electron chi connectivity index (χ4n) is 2.02. The van der Waals surface area contributed by atoms with E-state index in [0.29, 0.717) is 23.7 Å². The molecule has 1 aromatic rings. The van der Waals surface area contributed by atoms with Crippen LogP contribution < -0.4 is 20.1 Å². The van der Waals surface area contributed by atoms with Crippen LogP contribution >= 0.6 is 0 Å². The van der Waals surface area contributed by atoms with Gasteiger partial charge in [0.15, 0.2) is 11.5 Å². The zero-order valence-electron chi connectivity index (χ0n) is 12.6. The number of anilines is 1. The molecule has 0 aliphatic heterocycles. The number of nitrogens with one attached hydrogen (secondary N) is 2. The maximum atomic E-state index is 11.8. The highest BCUT2D eigenvalue weighted by Crippen LogP contribution is 2.44. The van der Waals surface area contributed by atoms with Crippen molar-refractivity contribution in [3.63, 3.8) is 0 Å². The van der Waals surface area contributed by atoms with Crippen molar-refractivity contribution >= 4 is 17.5 Å². The van der Waals surface area contributed by atoms with Crippen molar-refractivity contribution in [1.29, 1.82) is 0 Å². The molecule has 0 heterocycles. The molecular weight excluding hydrogens is 288 g/mol. The molecule has 0 atom stereocenters. The molecule has 0 spiro atoms. The van der Waals surface area contributed by atoms with Gasteiger partial charge >= 0.3 is 11.8 Å². The first-order chi connectivity index (χ1) is 10.5. The number of hydrogen-bond donors (Lipinski definition) is 3. The van der Waals surface area contributed by atoms with Gasteiger partial charge in [-0.25, -0.2) is 0 Å². The van der Waals surface area contributed by atoms with E-state index in [1.54, 1.807) is 18.2 Å². The molecule has 1 aromatic carbocycles. The maximum absolute atomic E-state index is 11.8. The molecule has 0 saturated heterocycles. The highest BCUT2D eigenvalue weighted by molar-refractivity contribution is 6.39. The molecule has 2 amide bonds. The summed E-state index contributed by atoms with van der Waals surface area (Å²) in [6.07, 6.45) is 1.72. The SMILES string of the molecule is COc1ccc(NC(=O)C(=O)NCC2(CO)CC2)cc1OC. The lowest BCUT2D eigenvalue weighted by molar-refractivity contribution is -0.136. The van der Waals surface area contributed by atoms with E-state index in [4.69, 9.17) is 9.47 Å². The van der Waals surface area contributed by atoms with Crippen LogP contribution in [0.1, 0.15) is 12.8 Å². The molecule has 1 aliphatic rings. The Balaban J connectivity index is 1.92. The van der Waals surface area contributed by atoms with Crippen LogP contribution in [0.15, 0.2) is 18.2 Å². The van der Waals surface area contributed by atoms with E-state index in [9.17, 15) is 14.7 Å². The fraction of sp³-hybridized carbons (Fsp3) is 0.467. The maximum Gasteiger partial charge on any atom is 0.313 e. The number of carbonyl (C=O) groups excluding carboxylic acids is 2. The topological polar surface area (TPSA) is 96.9 Å². The van der Waals surface area contributed by atoms with Crippen molar-refractivity contribution in [1.82, 2.24) is 5.32 Å². The van der Waals surface area contributed by atoms with Gasteiger partial charge in [-0.1, -0.05) is 0 Å². The summed E-state index contributed by atoms with van der Waals surface area (Å²) in [5, 5.41) is 14.2. The van der Waals surface area contributed by atoms with Crippen molar-refractivity contribution in [2.24, 2.45) is 5.41 Å². The third kappa shape index (κ3) is 3.67. The standard InChI is InChI=1S/C15H20N2O5/c1-21-11-4-3-10(7-12(11)22-2)17-14(20)13(19)16-8-15(9-18)5-6-15/h3-4,7,18H,5-6,8-9H2,1-2H3,(H,16,19)(H,17,20). The van der Waals surface area contributed by atoms with Gasteiger partial charge < -0.3 is 25.2 Å². The number of carbonyl (C=O) groups is 2. The third-order valence-corrected chi connectivity index (χ3v) is 3.76.